The lowest BCUT2D eigenvalue weighted by Crippen LogP contribution is -2.40. The summed E-state index contributed by atoms with van der Waals surface area (Å²) in [6.07, 6.45) is 5.82. The first kappa shape index (κ1) is 13.6. The Morgan fingerprint density at radius 3 is 2.74 bits per heavy atom. The van der Waals surface area contributed by atoms with Gasteiger partial charge in [0.05, 0.1) is 18.2 Å². The van der Waals surface area contributed by atoms with E-state index in [2.05, 4.69) is 4.98 Å². The van der Waals surface area contributed by atoms with Crippen LogP contribution in [0.5, 0.6) is 0 Å². The van der Waals surface area contributed by atoms with Crippen LogP contribution in [0, 0.1) is 0 Å². The van der Waals surface area contributed by atoms with Crippen LogP contribution in [0.4, 0.5) is 0 Å². The van der Waals surface area contributed by atoms with Crippen LogP contribution in [0.15, 0.2) is 12.5 Å². The Morgan fingerprint density at radius 2 is 2.26 bits per heavy atom. The van der Waals surface area contributed by atoms with Crippen molar-refractivity contribution in [2.24, 2.45) is 0 Å². The molecule has 1 N–H and O–H groups in total. The zero-order chi connectivity index (χ0) is 14.0. The largest absolute Gasteiger partial charge is 0.479 e. The topological polar surface area (TPSA) is 75.4 Å². The molecule has 1 unspecified atom stereocenters. The second kappa shape index (κ2) is 5.42. The highest BCUT2D eigenvalue weighted by Crippen LogP contribution is 2.34. The summed E-state index contributed by atoms with van der Waals surface area (Å²) in [6, 6.07) is -0.873. The number of rotatable bonds is 6. The number of carboxylic acids is 1. The van der Waals surface area contributed by atoms with Gasteiger partial charge in [-0.25, -0.2) is 9.78 Å². The molecule has 1 aliphatic rings. The van der Waals surface area contributed by atoms with Gasteiger partial charge in [-0.1, -0.05) is 6.92 Å². The monoisotopic (exact) mass is 265 g/mol. The Balaban J connectivity index is 2.35. The fourth-order valence-electron chi connectivity index (χ4n) is 2.38. The normalized spacial score (nSPS) is 16.1. The number of carbonyl (C=O) groups excluding carboxylic acids is 1. The van der Waals surface area contributed by atoms with E-state index in [9.17, 15) is 14.7 Å². The van der Waals surface area contributed by atoms with Crippen molar-refractivity contribution in [1.29, 1.82) is 0 Å². The molecule has 0 aliphatic heterocycles. The van der Waals surface area contributed by atoms with Crippen molar-refractivity contribution in [1.82, 2.24) is 14.5 Å². The summed E-state index contributed by atoms with van der Waals surface area (Å²) >= 11 is 0. The summed E-state index contributed by atoms with van der Waals surface area (Å²) in [5.74, 6) is -1.20. The van der Waals surface area contributed by atoms with E-state index in [-0.39, 0.29) is 11.9 Å². The van der Waals surface area contributed by atoms with Gasteiger partial charge in [-0.2, -0.15) is 0 Å². The summed E-state index contributed by atoms with van der Waals surface area (Å²) in [7, 11) is 0. The van der Waals surface area contributed by atoms with Crippen LogP contribution in [0.2, 0.25) is 0 Å². The van der Waals surface area contributed by atoms with Gasteiger partial charge in [-0.15, -0.1) is 0 Å². The molecule has 6 heteroatoms. The molecule has 1 fully saturated rings. The van der Waals surface area contributed by atoms with Crippen LogP contribution in [-0.4, -0.2) is 37.5 Å². The molecule has 1 aliphatic carbocycles. The predicted molar refractivity (Wildman–Crippen MR) is 68.4 cm³/mol. The quantitative estimate of drug-likeness (QED) is 0.844. The molecular weight excluding hydrogens is 246 g/mol. The highest BCUT2D eigenvalue weighted by Gasteiger charge is 2.41. The van der Waals surface area contributed by atoms with Gasteiger partial charge in [-0.3, -0.25) is 4.79 Å². The summed E-state index contributed by atoms with van der Waals surface area (Å²) in [5.41, 5.74) is 0.580. The van der Waals surface area contributed by atoms with Crippen LogP contribution < -0.4 is 0 Å². The van der Waals surface area contributed by atoms with Crippen LogP contribution in [0.1, 0.15) is 44.8 Å². The molecule has 2 rings (SSSR count). The number of imidazole rings is 1. The molecule has 1 amide bonds. The van der Waals surface area contributed by atoms with Gasteiger partial charge in [-0.05, 0) is 19.3 Å². The third kappa shape index (κ3) is 2.77. The molecule has 0 saturated heterocycles. The smallest absolute Gasteiger partial charge is 0.332 e. The number of hydrogen-bond acceptors (Lipinski definition) is 3. The highest BCUT2D eigenvalue weighted by atomic mass is 16.4. The van der Waals surface area contributed by atoms with Gasteiger partial charge < -0.3 is 14.6 Å². The predicted octanol–water partition coefficient (Wildman–Crippen LogP) is 1.43. The maximum atomic E-state index is 11.8. The molecule has 0 radical (unpaired) electrons. The van der Waals surface area contributed by atoms with Crippen LogP contribution in [-0.2, 0) is 16.1 Å². The highest BCUT2D eigenvalue weighted by molar-refractivity contribution is 5.83. The van der Waals surface area contributed by atoms with Crippen molar-refractivity contribution in [2.75, 3.05) is 0 Å². The van der Waals surface area contributed by atoms with E-state index in [0.717, 1.165) is 19.3 Å². The first-order valence-corrected chi connectivity index (χ1v) is 6.58. The molecule has 0 bridgehead atoms. The molecule has 1 heterocycles. The summed E-state index contributed by atoms with van der Waals surface area (Å²) in [5, 5.41) is 9.50. The third-order valence-corrected chi connectivity index (χ3v) is 3.31. The summed E-state index contributed by atoms with van der Waals surface area (Å²) in [6.45, 7) is 4.15. The van der Waals surface area contributed by atoms with E-state index >= 15 is 0 Å². The van der Waals surface area contributed by atoms with E-state index < -0.39 is 12.0 Å². The fourth-order valence-corrected chi connectivity index (χ4v) is 2.38. The number of aliphatic carboxylic acids is 1. The molecule has 0 spiro atoms. The molecule has 1 atom stereocenters. The number of amides is 1. The number of carbonyl (C=O) groups is 2. The average molecular weight is 265 g/mol. The Hall–Kier alpha value is -1.85. The SMILES string of the molecule is CCCn1cncc1C(C(=O)O)N(C(C)=O)C1CC1. The third-order valence-electron chi connectivity index (χ3n) is 3.31. The molecule has 1 aromatic heterocycles. The minimum atomic E-state index is -1.00. The van der Waals surface area contributed by atoms with Crippen LogP contribution in [0.3, 0.4) is 0 Å². The molecule has 6 nitrogen and oxygen atoms in total. The van der Waals surface area contributed by atoms with Gasteiger partial charge in [0.15, 0.2) is 6.04 Å². The van der Waals surface area contributed by atoms with Crippen molar-refractivity contribution < 1.29 is 14.7 Å². The van der Waals surface area contributed by atoms with E-state index in [1.54, 1.807) is 12.5 Å². The van der Waals surface area contributed by atoms with Gasteiger partial charge in [0.1, 0.15) is 0 Å². The van der Waals surface area contributed by atoms with Crippen molar-refractivity contribution in [3.8, 4) is 0 Å². The van der Waals surface area contributed by atoms with Crippen molar-refractivity contribution in [3.63, 3.8) is 0 Å². The first-order valence-electron chi connectivity index (χ1n) is 6.58. The van der Waals surface area contributed by atoms with E-state index in [1.165, 1.54) is 11.8 Å². The van der Waals surface area contributed by atoms with Gasteiger partial charge in [0, 0.05) is 19.5 Å². The lowest BCUT2D eigenvalue weighted by molar-refractivity contribution is -0.150. The lowest BCUT2D eigenvalue weighted by Gasteiger charge is -2.28. The maximum Gasteiger partial charge on any atom is 0.332 e. The van der Waals surface area contributed by atoms with E-state index in [4.69, 9.17) is 0 Å². The summed E-state index contributed by atoms with van der Waals surface area (Å²) in [4.78, 5) is 28.9. The Bertz CT molecular complexity index is 479. The van der Waals surface area contributed by atoms with Crippen LogP contribution >= 0.6 is 0 Å². The zero-order valence-corrected chi connectivity index (χ0v) is 11.2. The van der Waals surface area contributed by atoms with Crippen molar-refractivity contribution in [3.05, 3.63) is 18.2 Å². The number of carboxylic acid groups (broad SMARTS) is 1. The average Bonchev–Trinajstić information content (AvgIpc) is 3.06. The fraction of sp³-hybridized carbons (Fsp3) is 0.615. The van der Waals surface area contributed by atoms with Crippen molar-refractivity contribution in [2.45, 2.75) is 51.7 Å². The Kier molecular flexibility index (Phi) is 3.87. The molecule has 1 saturated carbocycles. The molecule has 104 valence electrons. The molecule has 0 aromatic carbocycles. The molecular formula is C13H19N3O3. The standard InChI is InChI=1S/C13H19N3O3/c1-3-6-15-8-14-7-11(15)12(13(18)19)16(9(2)17)10-4-5-10/h7-8,10,12H,3-6H2,1-2H3,(H,18,19). The van der Waals surface area contributed by atoms with E-state index in [1.807, 2.05) is 11.5 Å². The maximum absolute atomic E-state index is 11.8. The van der Waals surface area contributed by atoms with Gasteiger partial charge in [0.25, 0.3) is 0 Å². The van der Waals surface area contributed by atoms with Crippen molar-refractivity contribution >= 4 is 11.9 Å². The number of nitrogens with zero attached hydrogens (tertiary/aromatic N) is 3. The zero-order valence-electron chi connectivity index (χ0n) is 11.2. The number of hydrogen-bond donors (Lipinski definition) is 1. The number of aryl methyl sites for hydroxylation is 1. The minimum Gasteiger partial charge on any atom is -0.479 e. The molecule has 1 aromatic rings. The lowest BCUT2D eigenvalue weighted by atomic mass is 10.1. The van der Waals surface area contributed by atoms with E-state index in [0.29, 0.717) is 12.2 Å². The first-order chi connectivity index (χ1) is 9.06. The van der Waals surface area contributed by atoms with Gasteiger partial charge in [0.2, 0.25) is 5.91 Å². The molecule has 19 heavy (non-hydrogen) atoms. The van der Waals surface area contributed by atoms with Crippen LogP contribution in [0.25, 0.3) is 0 Å². The minimum absolute atomic E-state index is 0.0589. The second-order valence-electron chi connectivity index (χ2n) is 4.91. The second-order valence-corrected chi connectivity index (χ2v) is 4.91. The number of aromatic nitrogens is 2. The Labute approximate surface area is 112 Å². The van der Waals surface area contributed by atoms with Gasteiger partial charge >= 0.3 is 5.97 Å². The Morgan fingerprint density at radius 1 is 1.58 bits per heavy atom. The summed E-state index contributed by atoms with van der Waals surface area (Å²) < 4.78 is 1.82.